The highest BCUT2D eigenvalue weighted by atomic mass is 32.1. The van der Waals surface area contributed by atoms with E-state index < -0.39 is 11.5 Å². The SMILES string of the molecule is COCc1nc(C2(N)CCCCCC2)sc1C(=O)O. The number of methoxy groups -OCH3 is 1. The first-order valence-electron chi connectivity index (χ1n) is 6.58. The van der Waals surface area contributed by atoms with E-state index in [1.54, 1.807) is 0 Å². The van der Waals surface area contributed by atoms with Crippen molar-refractivity contribution in [2.24, 2.45) is 5.73 Å². The smallest absolute Gasteiger partial charge is 0.347 e. The van der Waals surface area contributed by atoms with Crippen LogP contribution in [0.5, 0.6) is 0 Å². The van der Waals surface area contributed by atoms with E-state index in [4.69, 9.17) is 10.5 Å². The Hall–Kier alpha value is -0.980. The van der Waals surface area contributed by atoms with Gasteiger partial charge in [-0.15, -0.1) is 11.3 Å². The summed E-state index contributed by atoms with van der Waals surface area (Å²) in [6.45, 7) is 0.216. The molecular weight excluding hydrogens is 264 g/mol. The van der Waals surface area contributed by atoms with E-state index in [0.717, 1.165) is 30.7 Å². The lowest BCUT2D eigenvalue weighted by Gasteiger charge is -2.25. The molecule has 106 valence electrons. The number of hydrogen-bond acceptors (Lipinski definition) is 5. The van der Waals surface area contributed by atoms with Crippen molar-refractivity contribution >= 4 is 17.3 Å². The minimum Gasteiger partial charge on any atom is -0.477 e. The summed E-state index contributed by atoms with van der Waals surface area (Å²) in [6.07, 6.45) is 6.32. The van der Waals surface area contributed by atoms with Crippen molar-refractivity contribution in [1.82, 2.24) is 4.98 Å². The molecule has 0 atom stereocenters. The van der Waals surface area contributed by atoms with Gasteiger partial charge in [-0.1, -0.05) is 25.7 Å². The molecule has 1 fully saturated rings. The van der Waals surface area contributed by atoms with Gasteiger partial charge in [0.15, 0.2) is 0 Å². The van der Waals surface area contributed by atoms with Crippen molar-refractivity contribution in [2.45, 2.75) is 50.7 Å². The zero-order valence-corrected chi connectivity index (χ0v) is 12.0. The van der Waals surface area contributed by atoms with Gasteiger partial charge >= 0.3 is 5.97 Å². The lowest BCUT2D eigenvalue weighted by Crippen LogP contribution is -2.35. The number of rotatable bonds is 4. The molecule has 1 aromatic rings. The fourth-order valence-corrected chi connectivity index (χ4v) is 3.61. The zero-order chi connectivity index (χ0) is 13.9. The van der Waals surface area contributed by atoms with Crippen LogP contribution in [0, 0.1) is 0 Å². The maximum atomic E-state index is 11.2. The Labute approximate surface area is 116 Å². The Morgan fingerprint density at radius 3 is 2.58 bits per heavy atom. The number of nitrogens with zero attached hydrogens (tertiary/aromatic N) is 1. The molecule has 3 N–H and O–H groups in total. The third-order valence-electron chi connectivity index (χ3n) is 3.59. The van der Waals surface area contributed by atoms with Crippen LogP contribution in [0.25, 0.3) is 0 Å². The molecular formula is C13H20N2O3S. The summed E-state index contributed by atoms with van der Waals surface area (Å²) in [5.41, 5.74) is 6.50. The van der Waals surface area contributed by atoms with Gasteiger partial charge in [0.25, 0.3) is 0 Å². The van der Waals surface area contributed by atoms with E-state index in [9.17, 15) is 9.90 Å². The van der Waals surface area contributed by atoms with Crippen LogP contribution in [0.3, 0.4) is 0 Å². The average Bonchev–Trinajstić information content (AvgIpc) is 2.67. The summed E-state index contributed by atoms with van der Waals surface area (Å²) >= 11 is 1.21. The van der Waals surface area contributed by atoms with Crippen molar-refractivity contribution in [3.8, 4) is 0 Å². The van der Waals surface area contributed by atoms with Crippen LogP contribution in [0.15, 0.2) is 0 Å². The van der Waals surface area contributed by atoms with E-state index in [1.165, 1.54) is 31.3 Å². The number of carbonyl (C=O) groups is 1. The van der Waals surface area contributed by atoms with Gasteiger partial charge in [-0.25, -0.2) is 9.78 Å². The van der Waals surface area contributed by atoms with Crippen molar-refractivity contribution in [3.63, 3.8) is 0 Å². The number of hydrogen-bond donors (Lipinski definition) is 2. The lowest BCUT2D eigenvalue weighted by atomic mass is 9.92. The normalized spacial score (nSPS) is 19.1. The van der Waals surface area contributed by atoms with E-state index >= 15 is 0 Å². The fourth-order valence-electron chi connectivity index (χ4n) is 2.54. The number of ether oxygens (including phenoxy) is 1. The predicted molar refractivity (Wildman–Crippen MR) is 73.4 cm³/mol. The summed E-state index contributed by atoms with van der Waals surface area (Å²) in [5, 5.41) is 9.97. The Balaban J connectivity index is 2.33. The Kier molecular flexibility index (Phi) is 4.54. The molecule has 0 radical (unpaired) electrons. The van der Waals surface area contributed by atoms with Crippen molar-refractivity contribution < 1.29 is 14.6 Å². The summed E-state index contributed by atoms with van der Waals surface area (Å²) in [4.78, 5) is 15.9. The lowest BCUT2D eigenvalue weighted by molar-refractivity contribution is 0.0697. The van der Waals surface area contributed by atoms with E-state index in [2.05, 4.69) is 4.98 Å². The molecule has 0 aliphatic heterocycles. The Bertz CT molecular complexity index is 451. The molecule has 2 rings (SSSR count). The molecule has 5 nitrogen and oxygen atoms in total. The number of carboxylic acids is 1. The van der Waals surface area contributed by atoms with Gasteiger partial charge in [-0.2, -0.15) is 0 Å². The summed E-state index contributed by atoms with van der Waals surface area (Å²) in [7, 11) is 1.54. The maximum Gasteiger partial charge on any atom is 0.347 e. The van der Waals surface area contributed by atoms with Crippen molar-refractivity contribution in [1.29, 1.82) is 0 Å². The number of thiazole rings is 1. The quantitative estimate of drug-likeness (QED) is 0.830. The monoisotopic (exact) mass is 284 g/mol. The minimum atomic E-state index is -0.951. The number of nitrogens with two attached hydrogens (primary N) is 1. The molecule has 1 aromatic heterocycles. The molecule has 0 aromatic carbocycles. The minimum absolute atomic E-state index is 0.216. The van der Waals surface area contributed by atoms with Crippen LogP contribution in [0.2, 0.25) is 0 Å². The molecule has 0 saturated heterocycles. The largest absolute Gasteiger partial charge is 0.477 e. The highest BCUT2D eigenvalue weighted by Gasteiger charge is 2.33. The Morgan fingerprint density at radius 1 is 1.42 bits per heavy atom. The first-order valence-corrected chi connectivity index (χ1v) is 7.40. The molecule has 1 saturated carbocycles. The van der Waals surface area contributed by atoms with Crippen LogP contribution in [-0.2, 0) is 16.9 Å². The molecule has 1 aliphatic carbocycles. The standard InChI is InChI=1S/C13H20N2O3S/c1-18-8-9-10(11(16)17)19-12(15-9)13(14)6-4-2-3-5-7-13/h2-8,14H2,1H3,(H,16,17). The third-order valence-corrected chi connectivity index (χ3v) is 4.90. The average molecular weight is 284 g/mol. The highest BCUT2D eigenvalue weighted by Crippen LogP contribution is 2.37. The third kappa shape index (κ3) is 3.13. The second-order valence-corrected chi connectivity index (χ2v) is 6.10. The van der Waals surface area contributed by atoms with Crippen molar-refractivity contribution in [2.75, 3.05) is 7.11 Å². The van der Waals surface area contributed by atoms with Gasteiger partial charge in [0, 0.05) is 7.11 Å². The zero-order valence-electron chi connectivity index (χ0n) is 11.1. The molecule has 1 aliphatic rings. The fraction of sp³-hybridized carbons (Fsp3) is 0.692. The molecule has 1 heterocycles. The van der Waals surface area contributed by atoms with Gasteiger partial charge < -0.3 is 15.6 Å². The van der Waals surface area contributed by atoms with Crippen LogP contribution in [0.1, 0.15) is 58.9 Å². The molecule has 0 bridgehead atoms. The van der Waals surface area contributed by atoms with Gasteiger partial charge in [0.2, 0.25) is 0 Å². The summed E-state index contributed by atoms with van der Waals surface area (Å²) < 4.78 is 5.02. The summed E-state index contributed by atoms with van der Waals surface area (Å²) in [6, 6.07) is 0. The van der Waals surface area contributed by atoms with Gasteiger partial charge in [-0.05, 0) is 12.8 Å². The first-order chi connectivity index (χ1) is 9.07. The molecule has 0 unspecified atom stereocenters. The Morgan fingerprint density at radius 2 is 2.05 bits per heavy atom. The molecule has 0 spiro atoms. The molecule has 0 amide bonds. The number of aromatic carboxylic acids is 1. The highest BCUT2D eigenvalue weighted by molar-refractivity contribution is 7.13. The predicted octanol–water partition coefficient (Wildman–Crippen LogP) is 2.50. The van der Waals surface area contributed by atoms with E-state index in [1.807, 2.05) is 0 Å². The molecule has 19 heavy (non-hydrogen) atoms. The van der Waals surface area contributed by atoms with Crippen LogP contribution in [-0.4, -0.2) is 23.2 Å². The summed E-state index contributed by atoms with van der Waals surface area (Å²) in [5.74, 6) is -0.951. The van der Waals surface area contributed by atoms with Crippen LogP contribution >= 0.6 is 11.3 Å². The molecule has 6 heteroatoms. The van der Waals surface area contributed by atoms with Crippen LogP contribution < -0.4 is 5.73 Å². The maximum absolute atomic E-state index is 11.2. The van der Waals surface area contributed by atoms with Crippen LogP contribution in [0.4, 0.5) is 0 Å². The van der Waals surface area contributed by atoms with E-state index in [-0.39, 0.29) is 11.5 Å². The number of carboxylic acid groups (broad SMARTS) is 1. The second-order valence-electron chi connectivity index (χ2n) is 5.10. The van der Waals surface area contributed by atoms with E-state index in [0.29, 0.717) is 5.69 Å². The van der Waals surface area contributed by atoms with Gasteiger partial charge in [-0.3, -0.25) is 0 Å². The first kappa shape index (κ1) is 14.4. The number of aromatic nitrogens is 1. The topological polar surface area (TPSA) is 85.4 Å². The second kappa shape index (κ2) is 5.98. The van der Waals surface area contributed by atoms with Crippen molar-refractivity contribution in [3.05, 3.63) is 15.6 Å². The van der Waals surface area contributed by atoms with Gasteiger partial charge in [0.05, 0.1) is 17.8 Å². The van der Waals surface area contributed by atoms with Gasteiger partial charge in [0.1, 0.15) is 9.88 Å².